The van der Waals surface area contributed by atoms with Gasteiger partial charge in [-0.25, -0.2) is 4.79 Å². The van der Waals surface area contributed by atoms with Crippen LogP contribution in [0.4, 0.5) is 0 Å². The van der Waals surface area contributed by atoms with Gasteiger partial charge in [-0.2, -0.15) is 0 Å². The fraction of sp³-hybridized carbons (Fsp3) is 0.167. The summed E-state index contributed by atoms with van der Waals surface area (Å²) in [6.45, 7) is 0. The van der Waals surface area contributed by atoms with Gasteiger partial charge in [-0.05, 0) is 0 Å². The zero-order valence-corrected chi connectivity index (χ0v) is 6.81. The molecule has 0 radical (unpaired) electrons. The first-order chi connectivity index (χ1) is 5.72. The third kappa shape index (κ3) is 2.39. The van der Waals surface area contributed by atoms with Crippen molar-refractivity contribution in [1.29, 1.82) is 0 Å². The largest absolute Gasteiger partial charge is 0.326 e. The third-order valence-electron chi connectivity index (χ3n) is 1.04. The number of carbonyl (C=O) groups is 1. The fourth-order valence-corrected chi connectivity index (χ4v) is 1.25. The summed E-state index contributed by atoms with van der Waals surface area (Å²) in [5.41, 5.74) is -1.02. The van der Waals surface area contributed by atoms with Gasteiger partial charge in [-0.15, -0.1) is 11.8 Å². The quantitative estimate of drug-likeness (QED) is 0.373. The SMILES string of the molecule is O=CCSc1cc(=O)[nH]c(=O)[nH]1. The van der Waals surface area contributed by atoms with Crippen LogP contribution < -0.4 is 11.2 Å². The predicted molar refractivity (Wildman–Crippen MR) is 44.5 cm³/mol. The minimum absolute atomic E-state index is 0.222. The van der Waals surface area contributed by atoms with Crippen molar-refractivity contribution in [2.75, 3.05) is 5.75 Å². The van der Waals surface area contributed by atoms with E-state index in [2.05, 4.69) is 4.98 Å². The van der Waals surface area contributed by atoms with Crippen molar-refractivity contribution in [3.8, 4) is 0 Å². The average Bonchev–Trinajstić information content (AvgIpc) is 1.99. The van der Waals surface area contributed by atoms with E-state index in [1.807, 2.05) is 4.98 Å². The molecule has 0 atom stereocenters. The second-order valence-electron chi connectivity index (χ2n) is 1.93. The normalized spacial score (nSPS) is 9.67. The topological polar surface area (TPSA) is 82.8 Å². The minimum atomic E-state index is -0.559. The lowest BCUT2D eigenvalue weighted by atomic mass is 10.7. The number of nitrogens with one attached hydrogen (secondary N) is 2. The van der Waals surface area contributed by atoms with Gasteiger partial charge in [0.25, 0.3) is 5.56 Å². The molecule has 0 unspecified atom stereocenters. The molecule has 12 heavy (non-hydrogen) atoms. The molecule has 0 saturated heterocycles. The monoisotopic (exact) mass is 186 g/mol. The van der Waals surface area contributed by atoms with Crippen molar-refractivity contribution in [2.24, 2.45) is 0 Å². The number of H-pyrrole nitrogens is 2. The van der Waals surface area contributed by atoms with Gasteiger partial charge < -0.3 is 9.78 Å². The van der Waals surface area contributed by atoms with Gasteiger partial charge in [-0.3, -0.25) is 9.78 Å². The second-order valence-corrected chi connectivity index (χ2v) is 2.99. The molecular weight excluding hydrogens is 180 g/mol. The van der Waals surface area contributed by atoms with Gasteiger partial charge in [0.15, 0.2) is 0 Å². The molecule has 0 amide bonds. The maximum absolute atomic E-state index is 10.7. The number of aromatic amines is 2. The molecule has 0 aromatic carbocycles. The van der Waals surface area contributed by atoms with Gasteiger partial charge in [0.2, 0.25) is 0 Å². The number of carbonyl (C=O) groups excluding carboxylic acids is 1. The summed E-state index contributed by atoms with van der Waals surface area (Å²) < 4.78 is 0. The molecule has 0 aliphatic rings. The van der Waals surface area contributed by atoms with Crippen LogP contribution in [-0.2, 0) is 4.79 Å². The molecule has 6 heteroatoms. The highest BCUT2D eigenvalue weighted by Gasteiger charge is 1.95. The number of aromatic nitrogens is 2. The summed E-state index contributed by atoms with van der Waals surface area (Å²) >= 11 is 1.11. The van der Waals surface area contributed by atoms with Crippen LogP contribution in [0.2, 0.25) is 0 Å². The van der Waals surface area contributed by atoms with E-state index in [9.17, 15) is 14.4 Å². The van der Waals surface area contributed by atoms with Gasteiger partial charge in [-0.1, -0.05) is 0 Å². The molecule has 1 heterocycles. The van der Waals surface area contributed by atoms with Gasteiger partial charge in [0.1, 0.15) is 6.29 Å². The number of thioether (sulfide) groups is 1. The Labute approximate surface area is 71.2 Å². The first-order valence-electron chi connectivity index (χ1n) is 3.12. The Kier molecular flexibility index (Phi) is 2.87. The molecule has 0 bridgehead atoms. The summed E-state index contributed by atoms with van der Waals surface area (Å²) in [5, 5.41) is 0.399. The Balaban J connectivity index is 2.93. The molecule has 1 rings (SSSR count). The molecule has 5 nitrogen and oxygen atoms in total. The van der Waals surface area contributed by atoms with Gasteiger partial charge in [0.05, 0.1) is 10.8 Å². The Bertz CT molecular complexity index is 353. The molecule has 0 aliphatic heterocycles. The number of hydrogen-bond donors (Lipinski definition) is 2. The summed E-state index contributed by atoms with van der Waals surface area (Å²) in [7, 11) is 0. The highest BCUT2D eigenvalue weighted by Crippen LogP contribution is 2.08. The molecule has 0 aliphatic carbocycles. The van der Waals surface area contributed by atoms with Crippen LogP contribution in [0.25, 0.3) is 0 Å². The molecular formula is C6H6N2O3S. The predicted octanol–water partition coefficient (Wildman–Crippen LogP) is -0.646. The lowest BCUT2D eigenvalue weighted by Gasteiger charge is -1.93. The van der Waals surface area contributed by atoms with E-state index in [0.29, 0.717) is 11.3 Å². The highest BCUT2D eigenvalue weighted by molar-refractivity contribution is 7.99. The number of rotatable bonds is 3. The third-order valence-corrected chi connectivity index (χ3v) is 1.88. The lowest BCUT2D eigenvalue weighted by molar-refractivity contribution is -0.105. The molecule has 0 saturated carbocycles. The number of aldehydes is 1. The minimum Gasteiger partial charge on any atom is -0.302 e. The van der Waals surface area contributed by atoms with Crippen LogP contribution in [0.3, 0.4) is 0 Å². The van der Waals surface area contributed by atoms with E-state index in [4.69, 9.17) is 0 Å². The van der Waals surface area contributed by atoms with Crippen molar-refractivity contribution in [1.82, 2.24) is 9.97 Å². The van der Waals surface area contributed by atoms with Crippen LogP contribution in [0, 0.1) is 0 Å². The van der Waals surface area contributed by atoms with Gasteiger partial charge in [0, 0.05) is 6.07 Å². The maximum atomic E-state index is 10.7. The highest BCUT2D eigenvalue weighted by atomic mass is 32.2. The molecule has 0 spiro atoms. The molecule has 2 N–H and O–H groups in total. The lowest BCUT2D eigenvalue weighted by Crippen LogP contribution is -2.21. The fourth-order valence-electron chi connectivity index (χ4n) is 0.648. The van der Waals surface area contributed by atoms with E-state index < -0.39 is 11.2 Å². The van der Waals surface area contributed by atoms with E-state index in [-0.39, 0.29) is 5.75 Å². The summed E-state index contributed by atoms with van der Waals surface area (Å²) in [6, 6.07) is 1.23. The zero-order valence-electron chi connectivity index (χ0n) is 5.99. The summed E-state index contributed by atoms with van der Waals surface area (Å²) in [6.07, 6.45) is 0.699. The Hall–Kier alpha value is -1.30. The Morgan fingerprint density at radius 1 is 1.42 bits per heavy atom. The van der Waals surface area contributed by atoms with E-state index in [1.165, 1.54) is 6.07 Å². The van der Waals surface area contributed by atoms with Crippen molar-refractivity contribution >= 4 is 18.0 Å². The summed E-state index contributed by atoms with van der Waals surface area (Å²) in [5.74, 6) is 0.222. The molecule has 1 aromatic rings. The van der Waals surface area contributed by atoms with Crippen molar-refractivity contribution in [2.45, 2.75) is 5.03 Å². The zero-order chi connectivity index (χ0) is 8.97. The van der Waals surface area contributed by atoms with Crippen molar-refractivity contribution in [3.63, 3.8) is 0 Å². The number of hydrogen-bond acceptors (Lipinski definition) is 4. The smallest absolute Gasteiger partial charge is 0.302 e. The van der Waals surface area contributed by atoms with E-state index >= 15 is 0 Å². The van der Waals surface area contributed by atoms with E-state index in [1.54, 1.807) is 0 Å². The standard InChI is InChI=1S/C6H6N2O3S/c9-1-2-12-5-3-4(10)7-6(11)8-5/h1,3H,2H2,(H2,7,8,10,11). The van der Waals surface area contributed by atoms with Crippen LogP contribution in [0.1, 0.15) is 0 Å². The van der Waals surface area contributed by atoms with Crippen molar-refractivity contribution in [3.05, 3.63) is 26.9 Å². The molecule has 0 fully saturated rings. The molecule has 1 aromatic heterocycles. The Morgan fingerprint density at radius 2 is 2.17 bits per heavy atom. The van der Waals surface area contributed by atoms with Crippen LogP contribution in [0.15, 0.2) is 20.7 Å². The maximum Gasteiger partial charge on any atom is 0.326 e. The first-order valence-corrected chi connectivity index (χ1v) is 4.11. The van der Waals surface area contributed by atoms with Crippen LogP contribution >= 0.6 is 11.8 Å². The molecule has 64 valence electrons. The van der Waals surface area contributed by atoms with Crippen molar-refractivity contribution < 1.29 is 4.79 Å². The van der Waals surface area contributed by atoms with Crippen LogP contribution in [0.5, 0.6) is 0 Å². The van der Waals surface area contributed by atoms with Crippen LogP contribution in [-0.4, -0.2) is 22.0 Å². The Morgan fingerprint density at radius 3 is 2.75 bits per heavy atom. The summed E-state index contributed by atoms with van der Waals surface area (Å²) in [4.78, 5) is 35.7. The average molecular weight is 186 g/mol. The first kappa shape index (κ1) is 8.79. The van der Waals surface area contributed by atoms with Gasteiger partial charge >= 0.3 is 5.69 Å². The van der Waals surface area contributed by atoms with E-state index in [0.717, 1.165) is 11.8 Å². The second kappa shape index (κ2) is 3.91.